The van der Waals surface area contributed by atoms with Crippen LogP contribution < -0.4 is 5.32 Å². The molecule has 0 unspecified atom stereocenters. The molecule has 178 valence electrons. The number of benzene rings is 2. The number of carbonyl (C=O) groups is 2. The van der Waals surface area contributed by atoms with Gasteiger partial charge in [0.2, 0.25) is 11.8 Å². The van der Waals surface area contributed by atoms with E-state index in [1.54, 1.807) is 17.0 Å². The zero-order valence-electron chi connectivity index (χ0n) is 18.7. The highest BCUT2D eigenvalue weighted by Crippen LogP contribution is 2.25. The lowest BCUT2D eigenvalue weighted by Gasteiger charge is -2.31. The van der Waals surface area contributed by atoms with E-state index in [9.17, 15) is 9.59 Å². The zero-order chi connectivity index (χ0) is 23.8. The van der Waals surface area contributed by atoms with Gasteiger partial charge in [-0.2, -0.15) is 0 Å². The summed E-state index contributed by atoms with van der Waals surface area (Å²) in [4.78, 5) is 28.2. The molecule has 33 heavy (non-hydrogen) atoms. The van der Waals surface area contributed by atoms with Crippen LogP contribution in [0, 0.1) is 0 Å². The van der Waals surface area contributed by atoms with E-state index >= 15 is 0 Å². The highest BCUT2D eigenvalue weighted by Gasteiger charge is 2.30. The van der Waals surface area contributed by atoms with Gasteiger partial charge in [-0.1, -0.05) is 72.8 Å². The molecule has 0 radical (unpaired) electrons. The minimum absolute atomic E-state index is 0.0894. The number of hydrogen-bond donors (Lipinski definition) is 1. The van der Waals surface area contributed by atoms with E-state index in [0.29, 0.717) is 27.2 Å². The molecule has 0 aromatic heterocycles. The Labute approximate surface area is 215 Å². The van der Waals surface area contributed by atoms with Gasteiger partial charge in [0.1, 0.15) is 6.04 Å². The van der Waals surface area contributed by atoms with E-state index in [2.05, 4.69) is 5.32 Å². The van der Waals surface area contributed by atoms with Crippen LogP contribution in [0.2, 0.25) is 15.1 Å². The smallest absolute Gasteiger partial charge is 0.243 e. The number of carbonyl (C=O) groups excluding carboxylic acids is 2. The fourth-order valence-electron chi connectivity index (χ4n) is 4.04. The van der Waals surface area contributed by atoms with Crippen molar-refractivity contribution in [2.24, 2.45) is 0 Å². The Morgan fingerprint density at radius 2 is 1.73 bits per heavy atom. The SMILES string of the molecule is CC[C@H](C(=O)NC1CCCC1)N(Cc1ccc(Cl)cc1Cl)C(=O)CSCc1ccc(Cl)cc1. The van der Waals surface area contributed by atoms with Crippen LogP contribution in [0.5, 0.6) is 0 Å². The van der Waals surface area contributed by atoms with Gasteiger partial charge >= 0.3 is 0 Å². The number of hydrogen-bond acceptors (Lipinski definition) is 3. The molecule has 1 N–H and O–H groups in total. The van der Waals surface area contributed by atoms with E-state index in [1.807, 2.05) is 37.3 Å². The summed E-state index contributed by atoms with van der Waals surface area (Å²) in [6, 6.07) is 12.5. The molecule has 1 saturated carbocycles. The monoisotopic (exact) mass is 526 g/mol. The van der Waals surface area contributed by atoms with Crippen LogP contribution in [0.4, 0.5) is 0 Å². The fraction of sp³-hybridized carbons (Fsp3) is 0.440. The van der Waals surface area contributed by atoms with Gasteiger partial charge in [0, 0.05) is 33.4 Å². The second-order valence-electron chi connectivity index (χ2n) is 8.29. The molecule has 0 saturated heterocycles. The molecule has 1 atom stereocenters. The first-order valence-electron chi connectivity index (χ1n) is 11.2. The molecule has 2 amide bonds. The van der Waals surface area contributed by atoms with Crippen molar-refractivity contribution in [3.05, 3.63) is 68.7 Å². The predicted molar refractivity (Wildman–Crippen MR) is 139 cm³/mol. The number of rotatable bonds is 10. The number of thioether (sulfide) groups is 1. The number of nitrogens with zero attached hydrogens (tertiary/aromatic N) is 1. The van der Waals surface area contributed by atoms with Crippen molar-refractivity contribution in [1.29, 1.82) is 0 Å². The first-order chi connectivity index (χ1) is 15.9. The molecule has 0 bridgehead atoms. The predicted octanol–water partition coefficient (Wildman–Crippen LogP) is 6.75. The van der Waals surface area contributed by atoms with E-state index < -0.39 is 6.04 Å². The van der Waals surface area contributed by atoms with Crippen molar-refractivity contribution in [3.8, 4) is 0 Å². The van der Waals surface area contributed by atoms with Gasteiger partial charge in [0.05, 0.1) is 5.75 Å². The topological polar surface area (TPSA) is 49.4 Å². The van der Waals surface area contributed by atoms with Gasteiger partial charge in [-0.05, 0) is 54.7 Å². The van der Waals surface area contributed by atoms with Crippen molar-refractivity contribution >= 4 is 58.4 Å². The Kier molecular flexibility index (Phi) is 10.2. The third-order valence-electron chi connectivity index (χ3n) is 5.85. The van der Waals surface area contributed by atoms with Crippen molar-refractivity contribution < 1.29 is 9.59 Å². The van der Waals surface area contributed by atoms with E-state index in [0.717, 1.165) is 36.8 Å². The Balaban J connectivity index is 1.72. The second kappa shape index (κ2) is 12.9. The fourth-order valence-corrected chi connectivity index (χ4v) is 5.51. The van der Waals surface area contributed by atoms with Gasteiger partial charge < -0.3 is 10.2 Å². The van der Waals surface area contributed by atoms with Gasteiger partial charge in [0.25, 0.3) is 0 Å². The van der Waals surface area contributed by atoms with Crippen LogP contribution in [0.1, 0.15) is 50.2 Å². The van der Waals surface area contributed by atoms with Crippen LogP contribution >= 0.6 is 46.6 Å². The molecule has 1 aliphatic rings. The Morgan fingerprint density at radius 3 is 2.36 bits per heavy atom. The third-order valence-corrected chi connectivity index (χ3v) is 7.68. The van der Waals surface area contributed by atoms with Gasteiger partial charge in [0.15, 0.2) is 0 Å². The Morgan fingerprint density at radius 1 is 1.06 bits per heavy atom. The first-order valence-corrected chi connectivity index (χ1v) is 13.5. The zero-order valence-corrected chi connectivity index (χ0v) is 21.7. The molecular formula is C25H29Cl3N2O2S. The van der Waals surface area contributed by atoms with Crippen LogP contribution in [-0.4, -0.2) is 34.6 Å². The lowest BCUT2D eigenvalue weighted by Crippen LogP contribution is -2.51. The molecule has 4 nitrogen and oxygen atoms in total. The average Bonchev–Trinajstić information content (AvgIpc) is 3.29. The second-order valence-corrected chi connectivity index (χ2v) is 10.6. The largest absolute Gasteiger partial charge is 0.352 e. The van der Waals surface area contributed by atoms with Crippen LogP contribution in [0.15, 0.2) is 42.5 Å². The summed E-state index contributed by atoms with van der Waals surface area (Å²) in [7, 11) is 0. The maximum Gasteiger partial charge on any atom is 0.243 e. The minimum Gasteiger partial charge on any atom is -0.352 e. The third kappa shape index (κ3) is 7.81. The molecule has 0 aliphatic heterocycles. The Bertz CT molecular complexity index is 949. The lowest BCUT2D eigenvalue weighted by atomic mass is 10.1. The normalized spacial score (nSPS) is 14.8. The van der Waals surface area contributed by atoms with Crippen LogP contribution in [0.3, 0.4) is 0 Å². The lowest BCUT2D eigenvalue weighted by molar-refractivity contribution is -0.139. The van der Waals surface area contributed by atoms with Crippen molar-refractivity contribution in [1.82, 2.24) is 10.2 Å². The first kappa shape index (κ1) is 26.2. The van der Waals surface area contributed by atoms with Crippen LogP contribution in [-0.2, 0) is 21.9 Å². The van der Waals surface area contributed by atoms with Crippen LogP contribution in [0.25, 0.3) is 0 Å². The Hall–Kier alpha value is -1.40. The molecular weight excluding hydrogens is 499 g/mol. The number of halogens is 3. The van der Waals surface area contributed by atoms with Gasteiger partial charge in [-0.25, -0.2) is 0 Å². The molecule has 3 rings (SSSR count). The minimum atomic E-state index is -0.555. The summed E-state index contributed by atoms with van der Waals surface area (Å²) >= 11 is 19.9. The standard InChI is InChI=1S/C25H29Cl3N2O2S/c1-2-23(25(32)29-21-5-3-4-6-21)30(14-18-9-12-20(27)13-22(18)28)24(31)16-33-15-17-7-10-19(26)11-8-17/h7-13,21,23H,2-6,14-16H2,1H3,(H,29,32)/t23-/m1/s1. The summed E-state index contributed by atoms with van der Waals surface area (Å²) in [6.45, 7) is 2.19. The maximum absolute atomic E-state index is 13.3. The summed E-state index contributed by atoms with van der Waals surface area (Å²) < 4.78 is 0. The van der Waals surface area contributed by atoms with Crippen molar-refractivity contribution in [3.63, 3.8) is 0 Å². The van der Waals surface area contributed by atoms with E-state index in [-0.39, 0.29) is 30.2 Å². The highest BCUT2D eigenvalue weighted by molar-refractivity contribution is 7.99. The molecule has 0 spiro atoms. The van der Waals surface area contributed by atoms with Crippen molar-refractivity contribution in [2.75, 3.05) is 5.75 Å². The van der Waals surface area contributed by atoms with E-state index in [4.69, 9.17) is 34.8 Å². The number of amides is 2. The molecule has 2 aromatic rings. The molecule has 2 aromatic carbocycles. The van der Waals surface area contributed by atoms with Gasteiger partial charge in [-0.3, -0.25) is 9.59 Å². The average molecular weight is 528 g/mol. The summed E-state index contributed by atoms with van der Waals surface area (Å²) in [5.41, 5.74) is 1.86. The van der Waals surface area contributed by atoms with Crippen molar-refractivity contribution in [2.45, 2.75) is 63.4 Å². The van der Waals surface area contributed by atoms with E-state index in [1.165, 1.54) is 11.8 Å². The number of nitrogens with one attached hydrogen (secondary N) is 1. The quantitative estimate of drug-likeness (QED) is 0.372. The molecule has 1 fully saturated rings. The van der Waals surface area contributed by atoms with Gasteiger partial charge in [-0.15, -0.1) is 11.8 Å². The summed E-state index contributed by atoms with van der Waals surface area (Å²) in [5, 5.41) is 4.86. The highest BCUT2D eigenvalue weighted by atomic mass is 35.5. The molecule has 1 aliphatic carbocycles. The summed E-state index contributed by atoms with van der Waals surface area (Å²) in [6.07, 6.45) is 4.78. The summed E-state index contributed by atoms with van der Waals surface area (Å²) in [5.74, 6) is 0.767. The molecule has 8 heteroatoms. The molecule has 0 heterocycles. The maximum atomic E-state index is 13.3.